The summed E-state index contributed by atoms with van der Waals surface area (Å²) in [5.41, 5.74) is 2.37. The van der Waals surface area contributed by atoms with Gasteiger partial charge in [0.25, 0.3) is 11.2 Å². The number of nitro benzene ring substituents is 1. The Bertz CT molecular complexity index is 1970. The molecule has 0 radical (unpaired) electrons. The molecular weight excluding hydrogens is 586 g/mol. The third-order valence-electron chi connectivity index (χ3n) is 7.21. The van der Waals surface area contributed by atoms with Gasteiger partial charge in [-0.3, -0.25) is 19.5 Å². The van der Waals surface area contributed by atoms with E-state index in [1.165, 1.54) is 42.3 Å². The number of rotatable bonds is 10. The molecule has 11 nitrogen and oxygen atoms in total. The highest BCUT2D eigenvalue weighted by molar-refractivity contribution is 7.07. The van der Waals surface area contributed by atoms with Crippen molar-refractivity contribution in [2.75, 3.05) is 20.8 Å². The molecule has 1 atom stereocenters. The molecule has 44 heavy (non-hydrogen) atoms. The Balaban J connectivity index is 1.69. The van der Waals surface area contributed by atoms with E-state index in [4.69, 9.17) is 23.6 Å². The average molecular weight is 618 g/mol. The van der Waals surface area contributed by atoms with E-state index in [0.717, 1.165) is 6.42 Å². The molecule has 3 heterocycles. The fourth-order valence-corrected chi connectivity index (χ4v) is 6.21. The number of thiazole rings is 1. The predicted octanol–water partition coefficient (Wildman–Crippen LogP) is 5.07. The summed E-state index contributed by atoms with van der Waals surface area (Å²) in [6, 6.07) is 12.4. The van der Waals surface area contributed by atoms with Crippen molar-refractivity contribution < 1.29 is 28.3 Å². The second kappa shape index (κ2) is 12.7. The van der Waals surface area contributed by atoms with E-state index in [2.05, 4.69) is 0 Å². The topological polar surface area (TPSA) is 135 Å². The van der Waals surface area contributed by atoms with E-state index in [1.54, 1.807) is 56.3 Å². The van der Waals surface area contributed by atoms with Gasteiger partial charge in [0, 0.05) is 29.3 Å². The monoisotopic (exact) mass is 617 g/mol. The van der Waals surface area contributed by atoms with Gasteiger partial charge in [0.15, 0.2) is 4.80 Å². The average Bonchev–Trinajstić information content (AvgIpc) is 3.60. The molecule has 0 unspecified atom stereocenters. The Morgan fingerprint density at radius 3 is 2.59 bits per heavy atom. The summed E-state index contributed by atoms with van der Waals surface area (Å²) in [6.45, 7) is 5.64. The Morgan fingerprint density at radius 2 is 1.93 bits per heavy atom. The fourth-order valence-electron chi connectivity index (χ4n) is 5.21. The molecule has 228 valence electrons. The van der Waals surface area contributed by atoms with Gasteiger partial charge in [-0.15, -0.1) is 0 Å². The second-order valence-electron chi connectivity index (χ2n) is 9.98. The summed E-state index contributed by atoms with van der Waals surface area (Å²) in [5, 5.41) is 11.1. The van der Waals surface area contributed by atoms with Gasteiger partial charge in [-0.05, 0) is 62.2 Å². The summed E-state index contributed by atoms with van der Waals surface area (Å²) >= 11 is 1.18. The van der Waals surface area contributed by atoms with E-state index in [1.807, 2.05) is 6.92 Å². The van der Waals surface area contributed by atoms with Gasteiger partial charge in [-0.25, -0.2) is 9.79 Å². The summed E-state index contributed by atoms with van der Waals surface area (Å²) in [4.78, 5) is 43.5. The highest BCUT2D eigenvalue weighted by Gasteiger charge is 2.36. The normalized spacial score (nSPS) is 14.7. The molecule has 2 aromatic heterocycles. The molecule has 0 saturated carbocycles. The number of methoxy groups -OCH3 is 2. The van der Waals surface area contributed by atoms with Gasteiger partial charge in [0.05, 0.1) is 41.6 Å². The fraction of sp³-hybridized carbons (Fsp3) is 0.281. The number of allylic oxidation sites excluding steroid dienone is 1. The molecule has 0 N–H and O–H groups in total. The SMILES string of the molecule is CCCC1=C(C(=O)OCC)[C@H](c2cc(OC)ccc2OC)n2c(s/c(=C\c3ccc(-c4ccc([N+](=O)[O-])cc4C)o3)c2=O)=N1. The molecule has 0 bridgehead atoms. The largest absolute Gasteiger partial charge is 0.497 e. The molecular formula is C32H31N3O8S. The zero-order chi connectivity index (χ0) is 31.5. The highest BCUT2D eigenvalue weighted by Crippen LogP contribution is 2.39. The van der Waals surface area contributed by atoms with Crippen LogP contribution in [0.15, 0.2) is 74.0 Å². The summed E-state index contributed by atoms with van der Waals surface area (Å²) in [7, 11) is 3.06. The van der Waals surface area contributed by atoms with Gasteiger partial charge in [0.2, 0.25) is 0 Å². The van der Waals surface area contributed by atoms with Gasteiger partial charge in [-0.1, -0.05) is 24.7 Å². The van der Waals surface area contributed by atoms with Crippen LogP contribution in [-0.2, 0) is 9.53 Å². The molecule has 0 spiro atoms. The Hall–Kier alpha value is -4.97. The van der Waals surface area contributed by atoms with Gasteiger partial charge in [-0.2, -0.15) is 0 Å². The van der Waals surface area contributed by atoms with Crippen molar-refractivity contribution in [1.29, 1.82) is 0 Å². The number of nitro groups is 1. The number of ether oxygens (including phenoxy) is 3. The van der Waals surface area contributed by atoms with Crippen molar-refractivity contribution in [3.8, 4) is 22.8 Å². The lowest BCUT2D eigenvalue weighted by Crippen LogP contribution is -2.40. The van der Waals surface area contributed by atoms with Crippen molar-refractivity contribution >= 4 is 29.1 Å². The van der Waals surface area contributed by atoms with Crippen LogP contribution in [-0.4, -0.2) is 36.3 Å². The van der Waals surface area contributed by atoms with Crippen LogP contribution in [0.5, 0.6) is 11.5 Å². The minimum absolute atomic E-state index is 0.00834. The van der Waals surface area contributed by atoms with Crippen LogP contribution in [0, 0.1) is 17.0 Å². The minimum Gasteiger partial charge on any atom is -0.497 e. The zero-order valence-corrected chi connectivity index (χ0v) is 25.7. The quantitative estimate of drug-likeness (QED) is 0.137. The number of aromatic nitrogens is 1. The first-order valence-electron chi connectivity index (χ1n) is 14.0. The lowest BCUT2D eigenvalue weighted by molar-refractivity contribution is -0.384. The maximum Gasteiger partial charge on any atom is 0.338 e. The minimum atomic E-state index is -0.881. The molecule has 2 aromatic carbocycles. The number of carbonyl (C=O) groups excluding carboxylic acids is 1. The number of aryl methyl sites for hydroxylation is 1. The number of non-ortho nitro benzene ring substituents is 1. The Labute approximate surface area is 256 Å². The van der Waals surface area contributed by atoms with Crippen molar-refractivity contribution in [1.82, 2.24) is 4.57 Å². The first-order valence-corrected chi connectivity index (χ1v) is 14.8. The molecule has 5 rings (SSSR count). The number of fused-ring (bicyclic) bond motifs is 1. The van der Waals surface area contributed by atoms with Crippen LogP contribution in [0.3, 0.4) is 0 Å². The van der Waals surface area contributed by atoms with Gasteiger partial charge < -0.3 is 18.6 Å². The van der Waals surface area contributed by atoms with Gasteiger partial charge in [0.1, 0.15) is 29.1 Å². The van der Waals surface area contributed by atoms with E-state index in [-0.39, 0.29) is 23.4 Å². The van der Waals surface area contributed by atoms with Crippen LogP contribution < -0.4 is 24.4 Å². The maximum absolute atomic E-state index is 14.1. The first-order chi connectivity index (χ1) is 21.2. The van der Waals surface area contributed by atoms with Crippen molar-refractivity contribution in [3.63, 3.8) is 0 Å². The lowest BCUT2D eigenvalue weighted by atomic mass is 9.93. The van der Waals surface area contributed by atoms with E-state index in [9.17, 15) is 19.7 Å². The molecule has 0 fully saturated rings. The molecule has 1 aliphatic heterocycles. The lowest BCUT2D eigenvalue weighted by Gasteiger charge is -2.27. The number of furan rings is 1. The standard InChI is InChI=1S/C32H31N3O8S/c1-6-8-24-28(31(37)42-7-2)29(23-16-20(40-4)10-13-25(23)41-5)34-30(36)27(44-32(34)33-24)17-21-11-14-26(43-21)22-12-9-19(35(38)39)15-18(22)3/h9-17,29H,6-8H2,1-5H3/b27-17-/t29-/m0/s1. The number of hydrogen-bond acceptors (Lipinski definition) is 10. The number of esters is 1. The van der Waals surface area contributed by atoms with Crippen molar-refractivity contribution in [3.05, 3.63) is 106 Å². The van der Waals surface area contributed by atoms with Crippen molar-refractivity contribution in [2.45, 2.75) is 39.7 Å². The summed E-state index contributed by atoms with van der Waals surface area (Å²) in [6.07, 6.45) is 2.84. The Morgan fingerprint density at radius 1 is 1.14 bits per heavy atom. The van der Waals surface area contributed by atoms with Crippen LogP contribution in [0.1, 0.15) is 49.6 Å². The Kier molecular flexibility index (Phi) is 8.81. The van der Waals surface area contributed by atoms with Crippen LogP contribution >= 0.6 is 11.3 Å². The molecule has 12 heteroatoms. The molecule has 1 aliphatic rings. The third kappa shape index (κ3) is 5.68. The predicted molar refractivity (Wildman–Crippen MR) is 165 cm³/mol. The summed E-state index contributed by atoms with van der Waals surface area (Å²) < 4.78 is 24.5. The van der Waals surface area contributed by atoms with Crippen molar-refractivity contribution in [2.24, 2.45) is 4.99 Å². The second-order valence-corrected chi connectivity index (χ2v) is 11.0. The van der Waals surface area contributed by atoms with E-state index < -0.39 is 16.9 Å². The van der Waals surface area contributed by atoms with Crippen LogP contribution in [0.2, 0.25) is 0 Å². The molecule has 4 aromatic rings. The maximum atomic E-state index is 14.1. The number of benzene rings is 2. The first kappa shape index (κ1) is 30.5. The smallest absolute Gasteiger partial charge is 0.338 e. The van der Waals surface area contributed by atoms with Crippen LogP contribution in [0.4, 0.5) is 5.69 Å². The zero-order valence-electron chi connectivity index (χ0n) is 24.9. The molecule has 0 amide bonds. The highest BCUT2D eigenvalue weighted by atomic mass is 32.1. The molecule has 0 saturated heterocycles. The van der Waals surface area contributed by atoms with E-state index in [0.29, 0.717) is 61.2 Å². The van der Waals surface area contributed by atoms with E-state index >= 15 is 0 Å². The summed E-state index contributed by atoms with van der Waals surface area (Å²) in [5.74, 6) is 1.36. The number of nitrogens with zero attached hydrogens (tertiary/aromatic N) is 3. The number of hydrogen-bond donors (Lipinski definition) is 0. The van der Waals surface area contributed by atoms with Crippen LogP contribution in [0.25, 0.3) is 17.4 Å². The third-order valence-corrected chi connectivity index (χ3v) is 8.19. The molecule has 0 aliphatic carbocycles. The van der Waals surface area contributed by atoms with Gasteiger partial charge >= 0.3 is 5.97 Å². The number of carbonyl (C=O) groups is 1.